The van der Waals surface area contributed by atoms with Gasteiger partial charge in [0, 0.05) is 24.8 Å². The first-order chi connectivity index (χ1) is 12.5. The van der Waals surface area contributed by atoms with Crippen molar-refractivity contribution in [3.8, 4) is 0 Å². The minimum absolute atomic E-state index is 0.138. The first-order valence-corrected chi connectivity index (χ1v) is 8.44. The number of nitrogens with one attached hydrogen (secondary N) is 1. The van der Waals surface area contributed by atoms with E-state index in [2.05, 4.69) is 20.4 Å². The molecule has 0 aliphatic carbocycles. The Morgan fingerprint density at radius 1 is 1.15 bits per heavy atom. The summed E-state index contributed by atoms with van der Waals surface area (Å²) in [6, 6.07) is 13.3. The van der Waals surface area contributed by atoms with Crippen LogP contribution in [0.2, 0.25) is 0 Å². The molecule has 0 atom stereocenters. The molecule has 7 heteroatoms. The molecule has 7 nitrogen and oxygen atoms in total. The van der Waals surface area contributed by atoms with Crippen molar-refractivity contribution >= 4 is 17.7 Å². The molecule has 0 unspecified atom stereocenters. The lowest BCUT2D eigenvalue weighted by atomic mass is 10.2. The normalized spacial score (nSPS) is 10.6. The van der Waals surface area contributed by atoms with Crippen LogP contribution in [0.4, 0.5) is 11.8 Å². The van der Waals surface area contributed by atoms with Gasteiger partial charge in [-0.25, -0.2) is 9.97 Å². The van der Waals surface area contributed by atoms with Gasteiger partial charge in [-0.1, -0.05) is 35.5 Å². The van der Waals surface area contributed by atoms with Gasteiger partial charge in [-0.05, 0) is 32.4 Å². The van der Waals surface area contributed by atoms with Gasteiger partial charge in [0.1, 0.15) is 11.5 Å². The van der Waals surface area contributed by atoms with Crippen LogP contribution in [-0.2, 0) is 6.54 Å². The van der Waals surface area contributed by atoms with Crippen molar-refractivity contribution in [3.63, 3.8) is 0 Å². The first kappa shape index (κ1) is 17.6. The van der Waals surface area contributed by atoms with E-state index in [-0.39, 0.29) is 5.91 Å². The Bertz CT molecular complexity index is 892. The number of amides is 1. The summed E-state index contributed by atoms with van der Waals surface area (Å²) in [5.41, 5.74) is 2.12. The van der Waals surface area contributed by atoms with Crippen molar-refractivity contribution in [2.24, 2.45) is 0 Å². The van der Waals surface area contributed by atoms with Crippen molar-refractivity contribution in [3.05, 3.63) is 65.2 Å². The zero-order valence-corrected chi connectivity index (χ0v) is 15.1. The molecular weight excluding hydrogens is 330 g/mol. The number of carbonyl (C=O) groups is 1. The fourth-order valence-corrected chi connectivity index (χ4v) is 2.57. The molecule has 1 N–H and O–H groups in total. The summed E-state index contributed by atoms with van der Waals surface area (Å²) in [6.07, 6.45) is 0. The van der Waals surface area contributed by atoms with E-state index in [1.54, 1.807) is 24.0 Å². The van der Waals surface area contributed by atoms with Gasteiger partial charge in [-0.3, -0.25) is 4.79 Å². The molecule has 2 heterocycles. The number of hydrogen-bond acceptors (Lipinski definition) is 6. The molecule has 0 saturated heterocycles. The fraction of sp³-hybridized carbons (Fsp3) is 0.263. The number of nitrogens with zero attached hydrogens (tertiary/aromatic N) is 4. The van der Waals surface area contributed by atoms with E-state index in [4.69, 9.17) is 4.52 Å². The molecule has 0 saturated carbocycles. The number of rotatable bonds is 6. The van der Waals surface area contributed by atoms with Crippen LogP contribution in [0.15, 0.2) is 47.0 Å². The minimum Gasteiger partial charge on any atom is -0.360 e. The topological polar surface area (TPSA) is 84.2 Å². The van der Waals surface area contributed by atoms with Crippen molar-refractivity contribution in [2.75, 3.05) is 11.9 Å². The molecule has 0 aliphatic heterocycles. The summed E-state index contributed by atoms with van der Waals surface area (Å²) < 4.78 is 5.02. The Balaban J connectivity index is 1.81. The zero-order chi connectivity index (χ0) is 18.5. The van der Waals surface area contributed by atoms with Gasteiger partial charge in [0.15, 0.2) is 5.82 Å². The van der Waals surface area contributed by atoms with Crippen molar-refractivity contribution in [2.45, 2.75) is 27.3 Å². The van der Waals surface area contributed by atoms with E-state index >= 15 is 0 Å². The van der Waals surface area contributed by atoms with Crippen LogP contribution >= 0.6 is 0 Å². The van der Waals surface area contributed by atoms with Gasteiger partial charge in [0.05, 0.1) is 0 Å². The van der Waals surface area contributed by atoms with E-state index in [1.165, 1.54) is 0 Å². The van der Waals surface area contributed by atoms with Crippen LogP contribution in [-0.4, -0.2) is 32.5 Å². The van der Waals surface area contributed by atoms with Crippen LogP contribution in [0.25, 0.3) is 0 Å². The fourth-order valence-electron chi connectivity index (χ4n) is 2.57. The monoisotopic (exact) mass is 351 g/mol. The molecule has 2 aromatic heterocycles. The average Bonchev–Trinajstić information content (AvgIpc) is 3.04. The third-order valence-electron chi connectivity index (χ3n) is 3.83. The lowest BCUT2D eigenvalue weighted by Crippen LogP contribution is -2.31. The molecule has 26 heavy (non-hydrogen) atoms. The smallest absolute Gasteiger partial charge is 0.272 e. The lowest BCUT2D eigenvalue weighted by molar-refractivity contribution is 0.0746. The molecule has 0 aliphatic rings. The Morgan fingerprint density at radius 3 is 2.58 bits per heavy atom. The summed E-state index contributed by atoms with van der Waals surface area (Å²) >= 11 is 0. The van der Waals surface area contributed by atoms with Crippen LogP contribution in [0.1, 0.15) is 34.4 Å². The third kappa shape index (κ3) is 4.24. The van der Waals surface area contributed by atoms with Crippen LogP contribution < -0.4 is 5.32 Å². The quantitative estimate of drug-likeness (QED) is 0.732. The maximum atomic E-state index is 12.9. The Morgan fingerprint density at radius 2 is 1.92 bits per heavy atom. The molecule has 1 aromatic carbocycles. The number of carbonyl (C=O) groups excluding carboxylic acids is 1. The predicted molar refractivity (Wildman–Crippen MR) is 98.1 cm³/mol. The molecule has 0 fully saturated rings. The van der Waals surface area contributed by atoms with Gasteiger partial charge in [0.2, 0.25) is 5.95 Å². The summed E-state index contributed by atoms with van der Waals surface area (Å²) in [5.74, 6) is 1.36. The molecule has 3 rings (SSSR count). The molecule has 1 amide bonds. The van der Waals surface area contributed by atoms with Crippen molar-refractivity contribution in [1.29, 1.82) is 0 Å². The number of aromatic nitrogens is 3. The van der Waals surface area contributed by atoms with Gasteiger partial charge in [0.25, 0.3) is 5.91 Å². The highest BCUT2D eigenvalue weighted by molar-refractivity contribution is 5.92. The highest BCUT2D eigenvalue weighted by atomic mass is 16.5. The largest absolute Gasteiger partial charge is 0.360 e. The van der Waals surface area contributed by atoms with Crippen LogP contribution in [0.3, 0.4) is 0 Å². The third-order valence-corrected chi connectivity index (χ3v) is 3.83. The molecule has 3 aromatic rings. The van der Waals surface area contributed by atoms with Gasteiger partial charge in [-0.15, -0.1) is 0 Å². The van der Waals surface area contributed by atoms with E-state index in [1.807, 2.05) is 44.2 Å². The van der Waals surface area contributed by atoms with Crippen LogP contribution in [0.5, 0.6) is 0 Å². The Labute approximate surface area is 152 Å². The zero-order valence-electron chi connectivity index (χ0n) is 15.1. The molecule has 134 valence electrons. The van der Waals surface area contributed by atoms with Gasteiger partial charge >= 0.3 is 0 Å². The molecular formula is C19H21N5O2. The van der Waals surface area contributed by atoms with E-state index in [0.717, 1.165) is 5.56 Å². The second kappa shape index (κ2) is 7.77. The summed E-state index contributed by atoms with van der Waals surface area (Å²) in [7, 11) is 0. The number of anilines is 2. The Hall–Kier alpha value is -3.22. The molecule has 0 radical (unpaired) electrons. The van der Waals surface area contributed by atoms with Crippen molar-refractivity contribution in [1.82, 2.24) is 20.0 Å². The summed E-state index contributed by atoms with van der Waals surface area (Å²) in [6.45, 7) is 6.69. The SMILES string of the molecule is CCN(Cc1ccccc1)C(=O)c1cc(C)nc(Nc2cc(C)on2)n1. The maximum Gasteiger partial charge on any atom is 0.272 e. The highest BCUT2D eigenvalue weighted by Crippen LogP contribution is 2.15. The number of benzene rings is 1. The standard InChI is InChI=1S/C19H21N5O2/c1-4-24(12-15-8-6-5-7-9-15)18(25)16-10-13(2)20-19(21-16)22-17-11-14(3)26-23-17/h5-11H,4,12H2,1-3H3,(H,20,21,22,23). The Kier molecular flexibility index (Phi) is 5.26. The van der Waals surface area contributed by atoms with E-state index in [0.29, 0.717) is 42.0 Å². The van der Waals surface area contributed by atoms with Crippen molar-refractivity contribution < 1.29 is 9.32 Å². The van der Waals surface area contributed by atoms with Gasteiger partial charge < -0.3 is 14.7 Å². The van der Waals surface area contributed by atoms with Crippen LogP contribution in [0, 0.1) is 13.8 Å². The van der Waals surface area contributed by atoms with E-state index in [9.17, 15) is 4.79 Å². The second-order valence-corrected chi connectivity index (χ2v) is 5.97. The first-order valence-electron chi connectivity index (χ1n) is 8.44. The summed E-state index contributed by atoms with van der Waals surface area (Å²) in [4.78, 5) is 23.3. The van der Waals surface area contributed by atoms with E-state index < -0.39 is 0 Å². The summed E-state index contributed by atoms with van der Waals surface area (Å²) in [5, 5.41) is 6.83. The maximum absolute atomic E-state index is 12.9. The molecule has 0 bridgehead atoms. The number of hydrogen-bond donors (Lipinski definition) is 1. The second-order valence-electron chi connectivity index (χ2n) is 5.97. The number of aryl methyl sites for hydroxylation is 2. The van der Waals surface area contributed by atoms with Gasteiger partial charge in [-0.2, -0.15) is 0 Å². The minimum atomic E-state index is -0.138. The average molecular weight is 351 g/mol. The molecule has 0 spiro atoms. The highest BCUT2D eigenvalue weighted by Gasteiger charge is 2.18. The predicted octanol–water partition coefficient (Wildman–Crippen LogP) is 3.49. The lowest BCUT2D eigenvalue weighted by Gasteiger charge is -2.21.